The van der Waals surface area contributed by atoms with Crippen molar-refractivity contribution in [1.82, 2.24) is 5.32 Å². The number of nitrogens with one attached hydrogen (secondary N) is 1. The van der Waals surface area contributed by atoms with Crippen LogP contribution in [-0.4, -0.2) is 41.8 Å². The molecular weight excluding hydrogens is 242 g/mol. The highest BCUT2D eigenvalue weighted by Crippen LogP contribution is 2.27. The van der Waals surface area contributed by atoms with Crippen molar-refractivity contribution in [2.75, 3.05) is 12.9 Å². The van der Waals surface area contributed by atoms with Crippen molar-refractivity contribution in [1.29, 1.82) is 0 Å². The van der Waals surface area contributed by atoms with Crippen LogP contribution in [0.3, 0.4) is 0 Å². The molecule has 0 aromatic heterocycles. The van der Waals surface area contributed by atoms with Crippen molar-refractivity contribution in [3.05, 3.63) is 0 Å². The Morgan fingerprint density at radius 1 is 1.35 bits per heavy atom. The Bertz CT molecular complexity index is 300. The molecule has 2 atom stereocenters. The molecule has 0 saturated carbocycles. The summed E-state index contributed by atoms with van der Waals surface area (Å²) in [6.07, 6.45) is 0.157. The predicted molar refractivity (Wildman–Crippen MR) is 66.0 cm³/mol. The van der Waals surface area contributed by atoms with E-state index in [9.17, 15) is 9.59 Å². The summed E-state index contributed by atoms with van der Waals surface area (Å²) in [6, 6.07) is -0.0288. The highest BCUT2D eigenvalue weighted by molar-refractivity contribution is 8.00. The third kappa shape index (κ3) is 4.85. The number of carbonyl (C=O) groups is 2. The normalized spacial score (nSPS) is 24.2. The van der Waals surface area contributed by atoms with E-state index < -0.39 is 11.7 Å². The van der Waals surface area contributed by atoms with Crippen LogP contribution in [0.25, 0.3) is 0 Å². The molecule has 0 radical (unpaired) electrons. The van der Waals surface area contributed by atoms with E-state index in [4.69, 9.17) is 4.74 Å². The maximum Gasteiger partial charge on any atom is 0.407 e. The molecule has 0 unspecified atom stereocenters. The van der Waals surface area contributed by atoms with Crippen LogP contribution in [0.2, 0.25) is 0 Å². The second-order valence-corrected chi connectivity index (χ2v) is 6.16. The summed E-state index contributed by atoms with van der Waals surface area (Å²) in [6.45, 7) is 5.44. The van der Waals surface area contributed by atoms with Crippen LogP contribution in [0.15, 0.2) is 0 Å². The smallest absolute Gasteiger partial charge is 0.407 e. The Hall–Kier alpha value is -0.910. The van der Waals surface area contributed by atoms with E-state index in [1.54, 1.807) is 0 Å². The van der Waals surface area contributed by atoms with Gasteiger partial charge in [-0.3, -0.25) is 4.79 Å². The zero-order chi connectivity index (χ0) is 13.1. The number of alkyl carbamates (subject to hydrolysis) is 1. The molecule has 0 aromatic carbocycles. The number of ether oxygens (including phenoxy) is 2. The van der Waals surface area contributed by atoms with Gasteiger partial charge < -0.3 is 14.8 Å². The van der Waals surface area contributed by atoms with Crippen LogP contribution < -0.4 is 5.32 Å². The number of methoxy groups -OCH3 is 1. The fourth-order valence-corrected chi connectivity index (χ4v) is 2.78. The number of hydrogen-bond acceptors (Lipinski definition) is 5. The van der Waals surface area contributed by atoms with Gasteiger partial charge in [-0.05, 0) is 27.2 Å². The summed E-state index contributed by atoms with van der Waals surface area (Å²) in [5.74, 6) is 0.474. The summed E-state index contributed by atoms with van der Waals surface area (Å²) in [5.41, 5.74) is -0.502. The molecule has 0 bridgehead atoms. The van der Waals surface area contributed by atoms with Gasteiger partial charge in [-0.2, -0.15) is 0 Å². The van der Waals surface area contributed by atoms with Crippen molar-refractivity contribution in [2.24, 2.45) is 0 Å². The van der Waals surface area contributed by atoms with Crippen molar-refractivity contribution in [2.45, 2.75) is 44.1 Å². The summed E-state index contributed by atoms with van der Waals surface area (Å²) in [5, 5.41) is 2.57. The van der Waals surface area contributed by atoms with Crippen LogP contribution >= 0.6 is 11.8 Å². The van der Waals surface area contributed by atoms with Gasteiger partial charge in [0.05, 0.1) is 7.11 Å². The molecule has 1 saturated heterocycles. The molecule has 1 rings (SSSR count). The highest BCUT2D eigenvalue weighted by atomic mass is 32.2. The van der Waals surface area contributed by atoms with Gasteiger partial charge in [-0.15, -0.1) is 11.8 Å². The first kappa shape index (κ1) is 14.2. The van der Waals surface area contributed by atoms with E-state index in [0.717, 1.165) is 0 Å². The average Bonchev–Trinajstić information content (AvgIpc) is 2.62. The molecule has 1 heterocycles. The Morgan fingerprint density at radius 2 is 2.00 bits per heavy atom. The lowest BCUT2D eigenvalue weighted by molar-refractivity contribution is -0.140. The van der Waals surface area contributed by atoms with Gasteiger partial charge in [0.2, 0.25) is 0 Å². The van der Waals surface area contributed by atoms with Crippen LogP contribution in [0, 0.1) is 0 Å². The Morgan fingerprint density at radius 3 is 2.53 bits per heavy atom. The van der Waals surface area contributed by atoms with Crippen molar-refractivity contribution in [3.63, 3.8) is 0 Å². The van der Waals surface area contributed by atoms with Crippen LogP contribution in [0.1, 0.15) is 27.2 Å². The molecule has 0 spiro atoms. The summed E-state index contributed by atoms with van der Waals surface area (Å²) in [7, 11) is 1.37. The molecular formula is C11H19NO4S. The number of rotatable bonds is 2. The quantitative estimate of drug-likeness (QED) is 0.764. The number of carbonyl (C=O) groups excluding carboxylic acids is 2. The predicted octanol–water partition coefficient (Wildman–Crippen LogP) is 1.56. The van der Waals surface area contributed by atoms with E-state index in [0.29, 0.717) is 12.2 Å². The fraction of sp³-hybridized carbons (Fsp3) is 0.818. The summed E-state index contributed by atoms with van der Waals surface area (Å²) in [4.78, 5) is 22.8. The number of esters is 1. The van der Waals surface area contributed by atoms with E-state index in [1.807, 2.05) is 20.8 Å². The van der Waals surface area contributed by atoms with Crippen LogP contribution in [0.4, 0.5) is 4.79 Å². The third-order valence-corrected chi connectivity index (χ3v) is 3.56. The van der Waals surface area contributed by atoms with Crippen molar-refractivity contribution in [3.8, 4) is 0 Å². The second kappa shape index (κ2) is 5.62. The minimum atomic E-state index is -0.502. The van der Waals surface area contributed by atoms with Gasteiger partial charge in [-0.1, -0.05) is 0 Å². The fourth-order valence-electron chi connectivity index (χ4n) is 1.50. The molecule has 17 heavy (non-hydrogen) atoms. The summed E-state index contributed by atoms with van der Waals surface area (Å²) >= 11 is 1.50. The Kier molecular flexibility index (Phi) is 4.68. The molecule has 1 aliphatic rings. The third-order valence-electron chi connectivity index (χ3n) is 2.18. The van der Waals surface area contributed by atoms with Crippen LogP contribution in [-0.2, 0) is 14.3 Å². The first-order chi connectivity index (χ1) is 7.81. The first-order valence-corrected chi connectivity index (χ1v) is 6.55. The van der Waals surface area contributed by atoms with Gasteiger partial charge in [0.15, 0.2) is 0 Å². The Labute approximate surface area is 106 Å². The minimum Gasteiger partial charge on any atom is -0.468 e. The van der Waals surface area contributed by atoms with E-state index >= 15 is 0 Å². The SMILES string of the molecule is COC(=O)[C@@H]1C[C@H](NC(=O)OC(C)(C)C)CS1. The monoisotopic (exact) mass is 261 g/mol. The van der Waals surface area contributed by atoms with Crippen LogP contribution in [0.5, 0.6) is 0 Å². The lowest BCUT2D eigenvalue weighted by Gasteiger charge is -2.21. The lowest BCUT2D eigenvalue weighted by atomic mass is 10.2. The molecule has 0 aliphatic carbocycles. The average molecular weight is 261 g/mol. The van der Waals surface area contributed by atoms with E-state index in [2.05, 4.69) is 10.1 Å². The number of thioether (sulfide) groups is 1. The maximum absolute atomic E-state index is 11.5. The Balaban J connectivity index is 2.35. The second-order valence-electron chi connectivity index (χ2n) is 4.92. The largest absolute Gasteiger partial charge is 0.468 e. The number of hydrogen-bond donors (Lipinski definition) is 1. The molecule has 98 valence electrons. The van der Waals surface area contributed by atoms with Gasteiger partial charge in [0, 0.05) is 11.8 Å². The van der Waals surface area contributed by atoms with Gasteiger partial charge >= 0.3 is 12.1 Å². The molecule has 6 heteroatoms. The topological polar surface area (TPSA) is 64.6 Å². The first-order valence-electron chi connectivity index (χ1n) is 5.51. The van der Waals surface area contributed by atoms with E-state index in [-0.39, 0.29) is 17.3 Å². The molecule has 1 aliphatic heterocycles. The number of amides is 1. The van der Waals surface area contributed by atoms with Gasteiger partial charge in [0.1, 0.15) is 10.9 Å². The molecule has 1 N–H and O–H groups in total. The highest BCUT2D eigenvalue weighted by Gasteiger charge is 2.32. The zero-order valence-electron chi connectivity index (χ0n) is 10.6. The molecule has 0 aromatic rings. The minimum absolute atomic E-state index is 0.0288. The zero-order valence-corrected chi connectivity index (χ0v) is 11.4. The van der Waals surface area contributed by atoms with Crippen molar-refractivity contribution < 1.29 is 19.1 Å². The standard InChI is InChI=1S/C11H19NO4S/c1-11(2,3)16-10(14)12-7-5-8(17-6-7)9(13)15-4/h7-8H,5-6H2,1-4H3,(H,12,14)/t7-,8-/m0/s1. The maximum atomic E-state index is 11.5. The van der Waals surface area contributed by atoms with Gasteiger partial charge in [0.25, 0.3) is 0 Å². The van der Waals surface area contributed by atoms with E-state index in [1.165, 1.54) is 18.9 Å². The molecule has 1 fully saturated rings. The molecule has 1 amide bonds. The van der Waals surface area contributed by atoms with Crippen molar-refractivity contribution >= 4 is 23.8 Å². The molecule has 5 nitrogen and oxygen atoms in total. The summed E-state index contributed by atoms with van der Waals surface area (Å²) < 4.78 is 9.81. The lowest BCUT2D eigenvalue weighted by Crippen LogP contribution is -2.39. The van der Waals surface area contributed by atoms with Gasteiger partial charge in [-0.25, -0.2) is 4.79 Å².